The Kier molecular flexibility index (Phi) is 8.22. The van der Waals surface area contributed by atoms with Crippen molar-refractivity contribution in [3.05, 3.63) is 84.4 Å². The number of hydrogen-bond acceptors (Lipinski definition) is 5. The monoisotopic (exact) mass is 433 g/mol. The van der Waals surface area contributed by atoms with Gasteiger partial charge in [0.2, 0.25) is 5.91 Å². The van der Waals surface area contributed by atoms with Crippen molar-refractivity contribution in [2.45, 2.75) is 0 Å². The number of hydrogen-bond donors (Lipinski definition) is 2. The van der Waals surface area contributed by atoms with Gasteiger partial charge in [0.15, 0.2) is 0 Å². The van der Waals surface area contributed by atoms with Gasteiger partial charge in [0.1, 0.15) is 12.4 Å². The molecule has 0 aliphatic carbocycles. The molecule has 0 aromatic heterocycles. The second kappa shape index (κ2) is 11.5. The fraction of sp³-hybridized carbons (Fsp3) is 0.200. The zero-order valence-electron chi connectivity index (χ0n) is 18.2. The Hall–Kier alpha value is -3.84. The predicted octanol–water partition coefficient (Wildman–Crippen LogP) is 4.04. The summed E-state index contributed by atoms with van der Waals surface area (Å²) >= 11 is 0. The molecular weight excluding hydrogens is 406 g/mol. The number of carbonyl (C=O) groups excluding carboxylic acids is 2. The molecule has 2 N–H and O–H groups in total. The lowest BCUT2D eigenvalue weighted by Crippen LogP contribution is -2.26. The van der Waals surface area contributed by atoms with Crippen LogP contribution in [0.4, 0.5) is 17.1 Å². The van der Waals surface area contributed by atoms with Crippen LogP contribution in [-0.2, 0) is 9.53 Å². The highest BCUT2D eigenvalue weighted by atomic mass is 16.5. The van der Waals surface area contributed by atoms with E-state index in [0.29, 0.717) is 35.9 Å². The second-order valence-corrected chi connectivity index (χ2v) is 7.05. The predicted molar refractivity (Wildman–Crippen MR) is 127 cm³/mol. The maximum absolute atomic E-state index is 12.8. The minimum atomic E-state index is -0.198. The summed E-state index contributed by atoms with van der Waals surface area (Å²) in [5.41, 5.74) is 2.70. The van der Waals surface area contributed by atoms with Crippen molar-refractivity contribution in [3.63, 3.8) is 0 Å². The van der Waals surface area contributed by atoms with Gasteiger partial charge in [-0.25, -0.2) is 0 Å². The number of benzene rings is 3. The zero-order chi connectivity index (χ0) is 22.8. The Morgan fingerprint density at radius 2 is 1.62 bits per heavy atom. The van der Waals surface area contributed by atoms with Crippen LogP contribution in [0.25, 0.3) is 0 Å². The highest BCUT2D eigenvalue weighted by molar-refractivity contribution is 6.06. The van der Waals surface area contributed by atoms with Crippen molar-refractivity contribution in [2.24, 2.45) is 0 Å². The van der Waals surface area contributed by atoms with Gasteiger partial charge < -0.3 is 25.0 Å². The molecule has 7 heteroatoms. The topological polar surface area (TPSA) is 79.9 Å². The first-order valence-electron chi connectivity index (χ1n) is 10.3. The van der Waals surface area contributed by atoms with Gasteiger partial charge in [0.25, 0.3) is 5.91 Å². The molecule has 3 aromatic carbocycles. The van der Waals surface area contributed by atoms with Gasteiger partial charge in [-0.1, -0.05) is 24.3 Å². The number of para-hydroxylation sites is 1. The highest BCUT2D eigenvalue weighted by Gasteiger charge is 2.13. The summed E-state index contributed by atoms with van der Waals surface area (Å²) in [4.78, 5) is 26.7. The van der Waals surface area contributed by atoms with E-state index in [0.717, 1.165) is 5.69 Å². The van der Waals surface area contributed by atoms with Crippen molar-refractivity contribution in [1.82, 2.24) is 0 Å². The molecule has 0 aliphatic rings. The summed E-state index contributed by atoms with van der Waals surface area (Å²) in [5.74, 6) is 0.383. The summed E-state index contributed by atoms with van der Waals surface area (Å²) in [7, 11) is 3.35. The molecule has 0 atom stereocenters. The number of methoxy groups -OCH3 is 1. The number of anilines is 3. The van der Waals surface area contributed by atoms with Crippen LogP contribution >= 0.6 is 0 Å². The Morgan fingerprint density at radius 3 is 2.34 bits per heavy atom. The van der Waals surface area contributed by atoms with Gasteiger partial charge in [0, 0.05) is 36.8 Å². The van der Waals surface area contributed by atoms with E-state index in [9.17, 15) is 9.59 Å². The van der Waals surface area contributed by atoms with Crippen LogP contribution in [0.15, 0.2) is 78.9 Å². The molecule has 0 bridgehead atoms. The third kappa shape index (κ3) is 6.58. The van der Waals surface area contributed by atoms with Crippen LogP contribution in [0.1, 0.15) is 10.4 Å². The number of carbonyl (C=O) groups is 2. The third-order valence-electron chi connectivity index (χ3n) is 4.70. The van der Waals surface area contributed by atoms with Gasteiger partial charge in [0.05, 0.1) is 13.2 Å². The van der Waals surface area contributed by atoms with E-state index in [1.165, 1.54) is 0 Å². The molecule has 2 amide bonds. The Bertz CT molecular complexity index is 1020. The average molecular weight is 434 g/mol. The lowest BCUT2D eigenvalue weighted by molar-refractivity contribution is -0.114. The molecule has 0 heterocycles. The third-order valence-corrected chi connectivity index (χ3v) is 4.70. The molecule has 0 radical (unpaired) electrons. The van der Waals surface area contributed by atoms with E-state index < -0.39 is 0 Å². The Balaban J connectivity index is 1.52. The first kappa shape index (κ1) is 22.8. The van der Waals surface area contributed by atoms with E-state index in [2.05, 4.69) is 10.6 Å². The van der Waals surface area contributed by atoms with Crippen LogP contribution in [0.2, 0.25) is 0 Å². The number of ether oxygens (including phenoxy) is 2. The van der Waals surface area contributed by atoms with Crippen LogP contribution < -0.4 is 20.3 Å². The SMILES string of the molecule is COCCOc1ccc(NC(=O)CNc2cccc(C(=O)N(C)c3ccccc3)c2)cc1. The van der Waals surface area contributed by atoms with Gasteiger partial charge in [-0.2, -0.15) is 0 Å². The summed E-state index contributed by atoms with van der Waals surface area (Å²) in [6.45, 7) is 1.05. The first-order valence-corrected chi connectivity index (χ1v) is 10.3. The smallest absolute Gasteiger partial charge is 0.258 e. The van der Waals surface area contributed by atoms with Crippen LogP contribution in [0.5, 0.6) is 5.75 Å². The highest BCUT2D eigenvalue weighted by Crippen LogP contribution is 2.18. The van der Waals surface area contributed by atoms with Gasteiger partial charge in [-0.05, 0) is 54.6 Å². The zero-order valence-corrected chi connectivity index (χ0v) is 18.2. The second-order valence-electron chi connectivity index (χ2n) is 7.05. The number of rotatable bonds is 10. The summed E-state index contributed by atoms with van der Waals surface area (Å²) in [6, 6.07) is 23.7. The molecule has 3 aromatic rings. The maximum Gasteiger partial charge on any atom is 0.258 e. The average Bonchev–Trinajstić information content (AvgIpc) is 2.84. The minimum absolute atomic E-state index is 0.0677. The van der Waals surface area contributed by atoms with E-state index in [1.807, 2.05) is 36.4 Å². The molecule has 0 unspecified atom stereocenters. The van der Waals surface area contributed by atoms with Crippen LogP contribution in [0.3, 0.4) is 0 Å². The van der Waals surface area contributed by atoms with Crippen molar-refractivity contribution >= 4 is 28.9 Å². The molecule has 0 spiro atoms. The quantitative estimate of drug-likeness (QED) is 0.472. The van der Waals surface area contributed by atoms with Crippen molar-refractivity contribution in [1.29, 1.82) is 0 Å². The van der Waals surface area contributed by atoms with E-state index in [4.69, 9.17) is 9.47 Å². The van der Waals surface area contributed by atoms with Crippen molar-refractivity contribution in [3.8, 4) is 5.75 Å². The van der Waals surface area contributed by atoms with Crippen molar-refractivity contribution in [2.75, 3.05) is 49.4 Å². The van der Waals surface area contributed by atoms with Gasteiger partial charge in [-0.15, -0.1) is 0 Å². The summed E-state index contributed by atoms with van der Waals surface area (Å²) in [5, 5.41) is 5.89. The molecule has 0 aliphatic heterocycles. The van der Waals surface area contributed by atoms with E-state index in [1.54, 1.807) is 61.5 Å². The summed E-state index contributed by atoms with van der Waals surface area (Å²) < 4.78 is 10.5. The molecule has 0 saturated heterocycles. The van der Waals surface area contributed by atoms with E-state index in [-0.39, 0.29) is 18.4 Å². The molecule has 3 rings (SSSR count). The van der Waals surface area contributed by atoms with Crippen LogP contribution in [-0.4, -0.2) is 45.7 Å². The van der Waals surface area contributed by atoms with Gasteiger partial charge in [-0.3, -0.25) is 9.59 Å². The fourth-order valence-corrected chi connectivity index (χ4v) is 2.99. The first-order chi connectivity index (χ1) is 15.6. The fourth-order valence-electron chi connectivity index (χ4n) is 2.99. The van der Waals surface area contributed by atoms with Gasteiger partial charge >= 0.3 is 0 Å². The molecule has 7 nitrogen and oxygen atoms in total. The number of nitrogens with one attached hydrogen (secondary N) is 2. The lowest BCUT2D eigenvalue weighted by Gasteiger charge is -2.18. The van der Waals surface area contributed by atoms with Crippen LogP contribution in [0, 0.1) is 0 Å². The molecule has 166 valence electrons. The molecule has 32 heavy (non-hydrogen) atoms. The number of amides is 2. The lowest BCUT2D eigenvalue weighted by atomic mass is 10.1. The van der Waals surface area contributed by atoms with E-state index >= 15 is 0 Å². The Morgan fingerprint density at radius 1 is 0.875 bits per heavy atom. The standard InChI is InChI=1S/C25H27N3O4/c1-28(22-9-4-3-5-10-22)25(30)19-7-6-8-21(17-19)26-18-24(29)27-20-11-13-23(14-12-20)32-16-15-31-2/h3-14,17,26H,15-16,18H2,1-2H3,(H,27,29). The maximum atomic E-state index is 12.8. The normalized spacial score (nSPS) is 10.3. The largest absolute Gasteiger partial charge is 0.491 e. The Labute approximate surface area is 188 Å². The summed E-state index contributed by atoms with van der Waals surface area (Å²) in [6.07, 6.45) is 0. The molecule has 0 saturated carbocycles. The molecular formula is C25H27N3O4. The minimum Gasteiger partial charge on any atom is -0.491 e. The van der Waals surface area contributed by atoms with Crippen molar-refractivity contribution < 1.29 is 19.1 Å². The molecule has 0 fully saturated rings. The number of nitrogens with zero attached hydrogens (tertiary/aromatic N) is 1.